The SMILES string of the molecule is CC(C)C(O)CNC(=O)CNC(=O)c1ccc(F)c(F)c1. The van der Waals surface area contributed by atoms with Crippen molar-refractivity contribution in [3.63, 3.8) is 0 Å². The molecule has 0 aliphatic rings. The van der Waals surface area contributed by atoms with E-state index < -0.39 is 29.6 Å². The Morgan fingerprint density at radius 2 is 1.86 bits per heavy atom. The molecule has 7 heteroatoms. The molecule has 0 bridgehead atoms. The van der Waals surface area contributed by atoms with Gasteiger partial charge in [0.15, 0.2) is 11.6 Å². The Morgan fingerprint density at radius 1 is 1.19 bits per heavy atom. The maximum atomic E-state index is 13.0. The van der Waals surface area contributed by atoms with E-state index in [0.29, 0.717) is 0 Å². The van der Waals surface area contributed by atoms with Crippen molar-refractivity contribution in [3.8, 4) is 0 Å². The molecule has 2 amide bonds. The topological polar surface area (TPSA) is 78.4 Å². The van der Waals surface area contributed by atoms with E-state index in [2.05, 4.69) is 10.6 Å². The number of aliphatic hydroxyl groups excluding tert-OH is 1. The smallest absolute Gasteiger partial charge is 0.251 e. The summed E-state index contributed by atoms with van der Waals surface area (Å²) < 4.78 is 25.7. The molecule has 5 nitrogen and oxygen atoms in total. The third-order valence-electron chi connectivity index (χ3n) is 2.87. The van der Waals surface area contributed by atoms with Crippen LogP contribution in [0, 0.1) is 17.6 Å². The number of carbonyl (C=O) groups is 2. The normalized spacial score (nSPS) is 12.1. The molecular weight excluding hydrogens is 282 g/mol. The van der Waals surface area contributed by atoms with Gasteiger partial charge >= 0.3 is 0 Å². The molecule has 0 saturated heterocycles. The van der Waals surface area contributed by atoms with Gasteiger partial charge in [-0.1, -0.05) is 13.8 Å². The summed E-state index contributed by atoms with van der Waals surface area (Å²) in [4.78, 5) is 23.1. The van der Waals surface area contributed by atoms with Crippen LogP contribution in [0.2, 0.25) is 0 Å². The van der Waals surface area contributed by atoms with Crippen LogP contribution in [0.4, 0.5) is 8.78 Å². The Labute approximate surface area is 121 Å². The van der Waals surface area contributed by atoms with Gasteiger partial charge in [0.1, 0.15) is 0 Å². The van der Waals surface area contributed by atoms with Crippen molar-refractivity contribution in [2.24, 2.45) is 5.92 Å². The first-order valence-electron chi connectivity index (χ1n) is 6.49. The van der Waals surface area contributed by atoms with Gasteiger partial charge in [-0.15, -0.1) is 0 Å². The lowest BCUT2D eigenvalue weighted by molar-refractivity contribution is -0.120. The zero-order chi connectivity index (χ0) is 16.0. The number of nitrogens with one attached hydrogen (secondary N) is 2. The van der Waals surface area contributed by atoms with Gasteiger partial charge in [-0.25, -0.2) is 8.78 Å². The molecule has 1 atom stereocenters. The van der Waals surface area contributed by atoms with Crippen LogP contribution in [-0.2, 0) is 4.79 Å². The van der Waals surface area contributed by atoms with Gasteiger partial charge in [-0.2, -0.15) is 0 Å². The van der Waals surface area contributed by atoms with Crippen molar-refractivity contribution in [1.82, 2.24) is 10.6 Å². The second-order valence-electron chi connectivity index (χ2n) is 4.93. The molecule has 1 rings (SSSR count). The highest BCUT2D eigenvalue weighted by Crippen LogP contribution is 2.08. The summed E-state index contributed by atoms with van der Waals surface area (Å²) in [5.41, 5.74) is -0.0797. The van der Waals surface area contributed by atoms with Gasteiger partial charge in [0.05, 0.1) is 12.6 Å². The summed E-state index contributed by atoms with van der Waals surface area (Å²) in [5, 5.41) is 14.2. The predicted octanol–water partition coefficient (Wildman–Crippen LogP) is 0.828. The van der Waals surface area contributed by atoms with Gasteiger partial charge in [0, 0.05) is 12.1 Å². The van der Waals surface area contributed by atoms with Crippen LogP contribution in [0.5, 0.6) is 0 Å². The zero-order valence-electron chi connectivity index (χ0n) is 11.8. The number of aliphatic hydroxyl groups is 1. The summed E-state index contributed by atoms with van der Waals surface area (Å²) in [6.07, 6.45) is -0.671. The minimum Gasteiger partial charge on any atom is -0.391 e. The number of benzene rings is 1. The van der Waals surface area contributed by atoms with Crippen LogP contribution in [0.3, 0.4) is 0 Å². The molecule has 0 saturated carbocycles. The van der Waals surface area contributed by atoms with Gasteiger partial charge in [0.2, 0.25) is 5.91 Å². The Bertz CT molecular complexity index is 521. The van der Waals surface area contributed by atoms with E-state index in [0.717, 1.165) is 18.2 Å². The van der Waals surface area contributed by atoms with Crippen LogP contribution >= 0.6 is 0 Å². The quantitative estimate of drug-likeness (QED) is 0.728. The Kier molecular flexibility index (Phi) is 6.23. The first kappa shape index (κ1) is 17.0. The van der Waals surface area contributed by atoms with E-state index >= 15 is 0 Å². The fourth-order valence-electron chi connectivity index (χ4n) is 1.42. The van der Waals surface area contributed by atoms with Gasteiger partial charge in [-0.3, -0.25) is 9.59 Å². The molecule has 21 heavy (non-hydrogen) atoms. The number of rotatable bonds is 6. The summed E-state index contributed by atoms with van der Waals surface area (Å²) in [7, 11) is 0. The maximum absolute atomic E-state index is 13.0. The Morgan fingerprint density at radius 3 is 2.43 bits per heavy atom. The van der Waals surface area contributed by atoms with Crippen LogP contribution in [0.15, 0.2) is 18.2 Å². The standard InChI is InChI=1S/C14H18F2N2O3/c1-8(2)12(19)6-17-13(20)7-18-14(21)9-3-4-10(15)11(16)5-9/h3-5,8,12,19H,6-7H2,1-2H3,(H,17,20)(H,18,21). The van der Waals surface area contributed by atoms with E-state index in [9.17, 15) is 23.5 Å². The van der Waals surface area contributed by atoms with Crippen molar-refractivity contribution >= 4 is 11.8 Å². The molecule has 1 unspecified atom stereocenters. The van der Waals surface area contributed by atoms with E-state index in [4.69, 9.17) is 0 Å². The molecule has 0 fully saturated rings. The lowest BCUT2D eigenvalue weighted by Gasteiger charge is -2.15. The van der Waals surface area contributed by atoms with Crippen LogP contribution in [0.1, 0.15) is 24.2 Å². The van der Waals surface area contributed by atoms with Gasteiger partial charge < -0.3 is 15.7 Å². The summed E-state index contributed by atoms with van der Waals surface area (Å²) in [6, 6.07) is 2.71. The van der Waals surface area contributed by atoms with E-state index in [1.54, 1.807) is 0 Å². The Balaban J connectivity index is 2.42. The molecule has 0 aliphatic heterocycles. The van der Waals surface area contributed by atoms with Gasteiger partial charge in [0.25, 0.3) is 5.91 Å². The number of hydrogen-bond donors (Lipinski definition) is 3. The fraction of sp³-hybridized carbons (Fsp3) is 0.429. The molecule has 1 aromatic rings. The van der Waals surface area contributed by atoms with Crippen molar-refractivity contribution in [2.75, 3.05) is 13.1 Å². The van der Waals surface area contributed by atoms with Crippen molar-refractivity contribution in [3.05, 3.63) is 35.4 Å². The lowest BCUT2D eigenvalue weighted by atomic mass is 10.1. The third kappa shape index (κ3) is 5.47. The summed E-state index contributed by atoms with van der Waals surface area (Å²) in [5.74, 6) is -3.35. The van der Waals surface area contributed by atoms with E-state index in [1.807, 2.05) is 13.8 Å². The van der Waals surface area contributed by atoms with Crippen molar-refractivity contribution < 1.29 is 23.5 Å². The highest BCUT2D eigenvalue weighted by molar-refractivity contribution is 5.96. The largest absolute Gasteiger partial charge is 0.391 e. The number of hydrogen-bond acceptors (Lipinski definition) is 3. The number of halogens is 2. The molecule has 0 aromatic heterocycles. The number of carbonyl (C=O) groups excluding carboxylic acids is 2. The van der Waals surface area contributed by atoms with E-state index in [-0.39, 0.29) is 24.6 Å². The molecule has 0 heterocycles. The molecule has 1 aromatic carbocycles. The third-order valence-corrected chi connectivity index (χ3v) is 2.87. The number of amides is 2. The maximum Gasteiger partial charge on any atom is 0.251 e. The first-order chi connectivity index (χ1) is 9.81. The second kappa shape index (κ2) is 7.68. The Hall–Kier alpha value is -2.02. The molecular formula is C14H18F2N2O3. The van der Waals surface area contributed by atoms with Gasteiger partial charge in [-0.05, 0) is 24.1 Å². The molecule has 116 valence electrons. The average molecular weight is 300 g/mol. The molecule has 0 aliphatic carbocycles. The van der Waals surface area contributed by atoms with E-state index in [1.165, 1.54) is 0 Å². The lowest BCUT2D eigenvalue weighted by Crippen LogP contribution is -2.41. The zero-order valence-corrected chi connectivity index (χ0v) is 11.8. The van der Waals surface area contributed by atoms with Crippen molar-refractivity contribution in [1.29, 1.82) is 0 Å². The second-order valence-corrected chi connectivity index (χ2v) is 4.93. The predicted molar refractivity (Wildman–Crippen MR) is 72.5 cm³/mol. The minimum atomic E-state index is -1.13. The average Bonchev–Trinajstić information content (AvgIpc) is 2.44. The summed E-state index contributed by atoms with van der Waals surface area (Å²) in [6.45, 7) is 3.38. The molecule has 0 spiro atoms. The van der Waals surface area contributed by atoms with Crippen molar-refractivity contribution in [2.45, 2.75) is 20.0 Å². The molecule has 3 N–H and O–H groups in total. The monoisotopic (exact) mass is 300 g/mol. The highest BCUT2D eigenvalue weighted by Gasteiger charge is 2.13. The van der Waals surface area contributed by atoms with Crippen LogP contribution in [-0.4, -0.2) is 36.1 Å². The highest BCUT2D eigenvalue weighted by atomic mass is 19.2. The minimum absolute atomic E-state index is 0.00193. The van der Waals surface area contributed by atoms with Crippen LogP contribution in [0.25, 0.3) is 0 Å². The van der Waals surface area contributed by atoms with Crippen LogP contribution < -0.4 is 10.6 Å². The fourth-order valence-corrected chi connectivity index (χ4v) is 1.42. The molecule has 0 radical (unpaired) electrons. The summed E-state index contributed by atoms with van der Waals surface area (Å²) >= 11 is 0. The first-order valence-corrected chi connectivity index (χ1v) is 6.49.